The number of hydrogen-bond donors (Lipinski definition) is 7. The van der Waals surface area contributed by atoms with Gasteiger partial charge in [0.2, 0.25) is 56.6 Å². The Morgan fingerprint density at radius 1 is 0.480 bits per heavy atom. The molecule has 15 aromatic rings. The maximum atomic E-state index is 14.4. The van der Waals surface area contributed by atoms with Crippen LogP contribution in [0.25, 0.3) is 68.8 Å². The Labute approximate surface area is 767 Å². The lowest BCUT2D eigenvalue weighted by atomic mass is 9.77. The molecule has 0 aliphatic carbocycles. The van der Waals surface area contributed by atoms with Gasteiger partial charge in [-0.2, -0.15) is 13.2 Å². The molecule has 16 rings (SSSR count). The smallest absolute Gasteiger partial charge is 0.381 e. The molecule has 52 heteroatoms. The first-order valence-electron chi connectivity index (χ1n) is 45.0. The molecule has 39 nitrogen and oxygen atoms in total. The van der Waals surface area contributed by atoms with Crippen LogP contribution in [0, 0.1) is 30.2 Å². The Morgan fingerprint density at radius 3 is 1.16 bits per heavy atom. The molecule has 0 radical (unpaired) electrons. The van der Waals surface area contributed by atoms with Crippen molar-refractivity contribution >= 4 is 115 Å². The van der Waals surface area contributed by atoms with Crippen molar-refractivity contribution < 1.29 is 117 Å². The van der Waals surface area contributed by atoms with E-state index in [1.54, 1.807) is 72.8 Å². The van der Waals surface area contributed by atoms with E-state index in [4.69, 9.17) is 51.2 Å². The van der Waals surface area contributed by atoms with Gasteiger partial charge in [0.1, 0.15) is 23.3 Å². The summed E-state index contributed by atoms with van der Waals surface area (Å²) in [7, 11) is -4.20. The van der Waals surface area contributed by atoms with Crippen LogP contribution in [0.3, 0.4) is 0 Å². The number of nitrogens with two attached hydrogens (primary N) is 1. The summed E-state index contributed by atoms with van der Waals surface area (Å²) < 4.78 is 345. The first-order chi connectivity index (χ1) is 68.5. The van der Waals surface area contributed by atoms with E-state index in [0.29, 0.717) is 41.2 Å². The van der Waals surface area contributed by atoms with Gasteiger partial charge in [-0.05, 0) is 213 Å². The number of nitrogens with one attached hydrogen (secondary N) is 6. The molecular formula is C73H61Br4ClF7N23O16S. The first kappa shape index (κ1) is 65.8. The Hall–Kier alpha value is -12.8. The van der Waals surface area contributed by atoms with Crippen molar-refractivity contribution in [1.82, 2.24) is 90.2 Å². The monoisotopic (exact) mass is 2050 g/mol. The van der Waals surface area contributed by atoms with E-state index >= 15 is 0 Å². The van der Waals surface area contributed by atoms with E-state index in [0.717, 1.165) is 13.2 Å². The predicted molar refractivity (Wildman–Crippen MR) is 444 cm³/mol. The maximum Gasteiger partial charge on any atom is 0.471 e. The van der Waals surface area contributed by atoms with Crippen molar-refractivity contribution in [2.45, 2.75) is 31.5 Å². The lowest BCUT2D eigenvalue weighted by Gasteiger charge is -2.37. The fourth-order valence-electron chi connectivity index (χ4n) is 10.2. The van der Waals surface area contributed by atoms with Crippen LogP contribution in [0.1, 0.15) is 66.6 Å². The molecule has 9 heterocycles. The molecule has 0 atom stereocenters. The van der Waals surface area contributed by atoms with Crippen LogP contribution in [-0.4, -0.2) is 159 Å². The molecule has 1 saturated heterocycles. The fraction of sp³-hybridized carbons (Fsp3) is 0.192. The maximum absolute atomic E-state index is 14.4. The standard InChI is InChI=1S/C31H24BrFN6O3.C13H12BrFN6O5S.C13H12BrFN6O3.C12H4BrF4N5O4.C4H8O.ClH/c32-25-20-24(16-17-26(25)33)39-29(38-41-30(39)40)27-28(37-42-36-27)34-18-19-35-31(21-10-4-1-5-11-21,22-12-6-2-7-13-22)23-14-8-3-9-15-23;1-27(23,24)17-5-4-16-11-10(18-26-19-11)12-20-25-13(22)21(12)7-2-3-9(15)8(14)6-7;1-6-4-7(5-8(14)9(6)15)21-12(20-23-13(21)22)10-11(17-3-2-16)19-24-18-10;13-5-3-4(1-2-6(5)14)22-9(21-25-11(22)24)7-8(20-26-19-7)18-10(23)12(15,16)17;1-2-4-5-3-1;/h1-17,20,35H,18-19H2,(H,34,37);2-3,6,17H,4-5H2,1H3,(H,16,19);4-5H,2-3,16H2,1H3,(H,17,19);1-3H,(H,18,20,23);1-4H2;1H/i16D,17D,18D2,19D2,20D;2D,3D,4D2,5D2,6D;2D2,3D2,4D,5D;1D,2D,3D;;. The van der Waals surface area contributed by atoms with Gasteiger partial charge in [0.05, 0.1) is 75.7 Å². The van der Waals surface area contributed by atoms with E-state index in [-0.39, 0.29) is 22.4 Å². The zero-order valence-electron chi connectivity index (χ0n) is 84.7. The molecule has 1 aliphatic heterocycles. The summed E-state index contributed by atoms with van der Waals surface area (Å²) >= 11 is 11.2. The van der Waals surface area contributed by atoms with Gasteiger partial charge in [-0.25, -0.2) is 86.7 Å². The van der Waals surface area contributed by atoms with Crippen LogP contribution >= 0.6 is 76.1 Å². The van der Waals surface area contributed by atoms with E-state index in [1.165, 1.54) is 29.8 Å². The van der Waals surface area contributed by atoms with Gasteiger partial charge in [-0.15, -0.1) is 12.4 Å². The third-order valence-electron chi connectivity index (χ3n) is 15.5. The second-order valence-corrected chi connectivity index (χ2v) is 28.4. The van der Waals surface area contributed by atoms with Crippen LogP contribution in [0.5, 0.6) is 0 Å². The lowest BCUT2D eigenvalue weighted by Crippen LogP contribution is -2.46. The fourth-order valence-corrected chi connectivity index (χ4v) is 11.7. The Balaban J connectivity index is 0.000000188. The molecule has 0 spiro atoms. The van der Waals surface area contributed by atoms with Crippen molar-refractivity contribution in [3.05, 3.63) is 263 Å². The molecule has 8 N–H and O–H groups in total. The molecule has 7 aromatic carbocycles. The molecule has 1 aliphatic rings. The molecule has 654 valence electrons. The number of alkyl halides is 3. The highest BCUT2D eigenvalue weighted by molar-refractivity contribution is 9.11. The zero-order chi connectivity index (χ0) is 109. The van der Waals surface area contributed by atoms with Crippen molar-refractivity contribution in [2.75, 3.05) is 79.7 Å². The van der Waals surface area contributed by atoms with Gasteiger partial charge in [-0.1, -0.05) is 112 Å². The quantitative estimate of drug-likeness (QED) is 0.0206. The third kappa shape index (κ3) is 22.4. The number of hydrogen-bond acceptors (Lipinski definition) is 33. The van der Waals surface area contributed by atoms with Crippen LogP contribution in [0.4, 0.5) is 54.0 Å². The van der Waals surface area contributed by atoms with Gasteiger partial charge < -0.3 is 26.4 Å². The van der Waals surface area contributed by atoms with Gasteiger partial charge >= 0.3 is 35.1 Å². The minimum Gasteiger partial charge on any atom is -0.381 e. The average Bonchev–Trinajstić information content (AvgIpc) is 1.15. The number of aromatic nitrogens is 16. The molecule has 1 amide bonds. The van der Waals surface area contributed by atoms with E-state index in [9.17, 15) is 63.1 Å². The number of benzene rings is 7. The third-order valence-corrected chi connectivity index (χ3v) is 18.1. The normalized spacial score (nSPS) is 15.2. The zero-order valence-corrected chi connectivity index (χ0v) is 69.7. The molecule has 125 heavy (non-hydrogen) atoms. The predicted octanol–water partition coefficient (Wildman–Crippen LogP) is 11.5. The molecule has 8 aromatic heterocycles. The van der Waals surface area contributed by atoms with Gasteiger partial charge in [0, 0.05) is 60.4 Å². The summed E-state index contributed by atoms with van der Waals surface area (Å²) in [6.07, 6.45) is -2.12. The SMILES string of the molecule is C1CCOC1.Cl.[2H]c1c(C)c(F)c(Br)c([2H])c1-n1c(-c2nonc2NC([2H])([2H])C([2H])([2H])N)noc1=O.[2H]c1c([2H])c(-n2c(-c3nonc3NC(=O)C(F)(F)F)noc2=O)c([2H])c(Br)c1F.[2H]c1c([2H])c(-n2c(-c3nonc3NC([2H])([2H])C([2H])([2H])NC(c3ccccc3)(c3ccccc3)c3ccccc3)noc2=O)c([2H])c(Br)c1F.[2H]c1c([2H])c(-n2c(-c3nonc3NC([2H])([2H])C([2H])([2H])NS(C)(=O)=O)noc2=O)c([2H])c(Br)c1F. The highest BCUT2D eigenvalue weighted by Gasteiger charge is 2.41. The van der Waals surface area contributed by atoms with E-state index in [1.807, 2.05) is 23.5 Å². The average molecular weight is 2060 g/mol. The number of amides is 1. The van der Waals surface area contributed by atoms with Crippen LogP contribution in [0.2, 0.25) is 0 Å². The van der Waals surface area contributed by atoms with E-state index in [2.05, 4.69) is 169 Å². The number of carbonyl (C=O) groups is 1. The molecule has 1 fully saturated rings. The van der Waals surface area contributed by atoms with Crippen molar-refractivity contribution in [2.24, 2.45) is 5.73 Å². The summed E-state index contributed by atoms with van der Waals surface area (Å²) in [6.45, 7) is -14.8. The summed E-state index contributed by atoms with van der Waals surface area (Å²) in [6, 6.07) is 18.1. The molecular weight excluding hydrogens is 1980 g/mol. The van der Waals surface area contributed by atoms with Crippen molar-refractivity contribution in [1.29, 1.82) is 0 Å². The first-order valence-corrected chi connectivity index (χ1v) is 38.6. The number of ether oxygens (including phenoxy) is 1. The Kier molecular flexibility index (Phi) is 22.2. The Morgan fingerprint density at radius 2 is 0.816 bits per heavy atom. The van der Waals surface area contributed by atoms with Gasteiger partial charge in [0.25, 0.3) is 0 Å². The minimum absolute atomic E-state index is 0. The van der Waals surface area contributed by atoms with Gasteiger partial charge in [0.15, 0.2) is 22.8 Å². The second-order valence-electron chi connectivity index (χ2n) is 23.4. The van der Waals surface area contributed by atoms with E-state index < -0.39 is 285 Å². The number of carbonyl (C=O) groups excluding carboxylic acids is 1. The minimum atomic E-state index is -5.29. The highest BCUT2D eigenvalue weighted by Crippen LogP contribution is 2.38. The molecule has 0 unspecified atom stereocenters. The number of anilines is 4. The number of nitrogens with zero attached hydrogens (tertiary/aromatic N) is 16. The van der Waals surface area contributed by atoms with Gasteiger partial charge in [-0.3, -0.25) is 33.5 Å². The van der Waals surface area contributed by atoms with Crippen molar-refractivity contribution in [3.63, 3.8) is 0 Å². The van der Waals surface area contributed by atoms with Crippen molar-refractivity contribution in [3.8, 4) is 68.8 Å². The summed E-state index contributed by atoms with van der Waals surface area (Å²) in [5.74, 6) is -17.0. The topological polar surface area (TPSA) is 506 Å². The van der Waals surface area contributed by atoms with Crippen LogP contribution in [0.15, 0.2) is 231 Å². The van der Waals surface area contributed by atoms with Crippen LogP contribution in [-0.2, 0) is 25.1 Å². The van der Waals surface area contributed by atoms with Crippen LogP contribution < -0.4 is 60.1 Å². The molecule has 0 saturated carbocycles. The summed E-state index contributed by atoms with van der Waals surface area (Å²) in [4.78, 5) is 60.7. The largest absolute Gasteiger partial charge is 0.471 e. The summed E-state index contributed by atoms with van der Waals surface area (Å²) in [5, 5.41) is 51.9. The number of rotatable bonds is 25. The highest BCUT2D eigenvalue weighted by atomic mass is 79.9. The second kappa shape index (κ2) is 42.1. The molecule has 0 bridgehead atoms. The number of sulfonamides is 1. The lowest BCUT2D eigenvalue weighted by molar-refractivity contribution is -0.167. The number of halogens is 12. The Bertz CT molecular complexity index is 7670. The summed E-state index contributed by atoms with van der Waals surface area (Å²) in [5.41, 5.74) is 0.873.